The van der Waals surface area contributed by atoms with Crippen LogP contribution in [0.3, 0.4) is 0 Å². The Kier molecular flexibility index (Phi) is 5.24. The summed E-state index contributed by atoms with van der Waals surface area (Å²) < 4.78 is 6.99. The lowest BCUT2D eigenvalue weighted by Crippen LogP contribution is -2.46. The number of likely N-dealkylation sites (tertiary alicyclic amines) is 1. The highest BCUT2D eigenvalue weighted by Crippen LogP contribution is 2.32. The van der Waals surface area contributed by atoms with E-state index in [1.165, 1.54) is 18.4 Å². The van der Waals surface area contributed by atoms with Crippen molar-refractivity contribution in [3.05, 3.63) is 28.6 Å². The van der Waals surface area contributed by atoms with Crippen LogP contribution in [-0.4, -0.2) is 67.8 Å². The summed E-state index contributed by atoms with van der Waals surface area (Å²) in [6.07, 6.45) is 3.41. The highest BCUT2D eigenvalue weighted by molar-refractivity contribution is 7.16. The van der Waals surface area contributed by atoms with Gasteiger partial charge in [0.05, 0.1) is 18.9 Å². The number of carbonyl (C=O) groups is 2. The molecule has 0 spiro atoms. The SMILES string of the molecule is COc1c(Cl)nc(-c2cnn3ccsc23)nc1C(=O)N1CCC(NC(=O)O)CC1. The van der Waals surface area contributed by atoms with Crippen LogP contribution in [0.5, 0.6) is 5.75 Å². The van der Waals surface area contributed by atoms with Gasteiger partial charge in [-0.15, -0.1) is 11.3 Å². The highest BCUT2D eigenvalue weighted by atomic mass is 35.5. The molecule has 2 amide bonds. The lowest BCUT2D eigenvalue weighted by atomic mass is 10.0. The fourth-order valence-corrected chi connectivity index (χ4v) is 4.34. The molecule has 3 aromatic rings. The molecule has 0 saturated carbocycles. The number of fused-ring (bicyclic) bond motifs is 1. The summed E-state index contributed by atoms with van der Waals surface area (Å²) in [5.74, 6) is 0.0654. The molecule has 152 valence electrons. The summed E-state index contributed by atoms with van der Waals surface area (Å²) in [6.45, 7) is 0.791. The number of amides is 2. The van der Waals surface area contributed by atoms with Gasteiger partial charge in [-0.1, -0.05) is 11.6 Å². The van der Waals surface area contributed by atoms with Gasteiger partial charge in [0, 0.05) is 30.7 Å². The van der Waals surface area contributed by atoms with Crippen molar-refractivity contribution in [2.24, 2.45) is 0 Å². The Morgan fingerprint density at radius 1 is 1.34 bits per heavy atom. The van der Waals surface area contributed by atoms with E-state index in [0.29, 0.717) is 37.3 Å². The van der Waals surface area contributed by atoms with Gasteiger partial charge >= 0.3 is 6.09 Å². The molecule has 12 heteroatoms. The molecule has 0 atom stereocenters. The monoisotopic (exact) mass is 436 g/mol. The van der Waals surface area contributed by atoms with Crippen molar-refractivity contribution in [3.8, 4) is 17.1 Å². The Hall–Kier alpha value is -2.92. The van der Waals surface area contributed by atoms with Crippen molar-refractivity contribution in [1.29, 1.82) is 0 Å². The standard InChI is InChI=1S/C17H17ClN6O4S/c1-28-12-11(15(25)23-4-2-9(3-5-23)20-17(26)27)21-14(22-13(12)18)10-8-19-24-6-7-29-16(10)24/h6-9,20H,2-5H2,1H3,(H,26,27). The maximum atomic E-state index is 13.1. The van der Waals surface area contributed by atoms with E-state index in [4.69, 9.17) is 21.4 Å². The van der Waals surface area contributed by atoms with Crippen LogP contribution < -0.4 is 10.1 Å². The van der Waals surface area contributed by atoms with Crippen LogP contribution in [0.1, 0.15) is 23.3 Å². The molecular weight excluding hydrogens is 420 g/mol. The highest BCUT2D eigenvalue weighted by Gasteiger charge is 2.29. The second kappa shape index (κ2) is 7.84. The first kappa shape index (κ1) is 19.4. The molecule has 1 aliphatic heterocycles. The molecular formula is C17H17ClN6O4S. The van der Waals surface area contributed by atoms with Crippen molar-refractivity contribution in [3.63, 3.8) is 0 Å². The van der Waals surface area contributed by atoms with E-state index >= 15 is 0 Å². The van der Waals surface area contributed by atoms with Crippen molar-refractivity contribution in [1.82, 2.24) is 29.8 Å². The molecule has 1 fully saturated rings. The van der Waals surface area contributed by atoms with Crippen LogP contribution in [-0.2, 0) is 0 Å². The number of thiazole rings is 1. The van der Waals surface area contributed by atoms with E-state index in [1.807, 2.05) is 11.6 Å². The molecule has 0 bridgehead atoms. The molecule has 0 aliphatic carbocycles. The van der Waals surface area contributed by atoms with Crippen molar-refractivity contribution >= 4 is 39.8 Å². The molecule has 1 saturated heterocycles. The Morgan fingerprint density at radius 2 is 2.10 bits per heavy atom. The first-order valence-corrected chi connectivity index (χ1v) is 10.0. The average molecular weight is 437 g/mol. The van der Waals surface area contributed by atoms with Gasteiger partial charge in [0.1, 0.15) is 4.83 Å². The maximum absolute atomic E-state index is 13.1. The van der Waals surface area contributed by atoms with E-state index in [0.717, 1.165) is 4.83 Å². The lowest BCUT2D eigenvalue weighted by molar-refractivity contribution is 0.0696. The zero-order valence-electron chi connectivity index (χ0n) is 15.3. The van der Waals surface area contributed by atoms with Crippen molar-refractivity contribution in [2.75, 3.05) is 20.2 Å². The zero-order chi connectivity index (χ0) is 20.5. The number of carboxylic acid groups (broad SMARTS) is 1. The van der Waals surface area contributed by atoms with Crippen molar-refractivity contribution in [2.45, 2.75) is 18.9 Å². The number of hydrogen-bond acceptors (Lipinski definition) is 7. The topological polar surface area (TPSA) is 122 Å². The summed E-state index contributed by atoms with van der Waals surface area (Å²) in [5.41, 5.74) is 0.742. The second-order valence-electron chi connectivity index (χ2n) is 6.45. The summed E-state index contributed by atoms with van der Waals surface area (Å²) in [6, 6.07) is -0.178. The Balaban J connectivity index is 1.64. The number of nitrogens with zero attached hydrogens (tertiary/aromatic N) is 5. The molecule has 4 heterocycles. The molecule has 0 unspecified atom stereocenters. The number of aromatic nitrogens is 4. The van der Waals surface area contributed by atoms with E-state index in [9.17, 15) is 9.59 Å². The number of rotatable bonds is 4. The molecule has 29 heavy (non-hydrogen) atoms. The summed E-state index contributed by atoms with van der Waals surface area (Å²) in [7, 11) is 1.40. The second-order valence-corrected chi connectivity index (χ2v) is 7.70. The minimum absolute atomic E-state index is 0.0409. The van der Waals surface area contributed by atoms with Gasteiger partial charge in [0.25, 0.3) is 5.91 Å². The van der Waals surface area contributed by atoms with E-state index in [2.05, 4.69) is 20.4 Å². The third-order valence-electron chi connectivity index (χ3n) is 4.71. The van der Waals surface area contributed by atoms with Crippen LogP contribution in [0.25, 0.3) is 16.2 Å². The van der Waals surface area contributed by atoms with E-state index in [1.54, 1.807) is 15.6 Å². The number of hydrogen-bond donors (Lipinski definition) is 2. The fraction of sp³-hybridized carbons (Fsp3) is 0.353. The fourth-order valence-electron chi connectivity index (χ4n) is 3.30. The molecule has 3 aromatic heterocycles. The van der Waals surface area contributed by atoms with Gasteiger partial charge in [-0.25, -0.2) is 19.3 Å². The molecule has 0 aromatic carbocycles. The first-order chi connectivity index (χ1) is 14.0. The van der Waals surface area contributed by atoms with Crippen LogP contribution in [0.15, 0.2) is 17.8 Å². The molecule has 0 radical (unpaired) electrons. The molecule has 10 nitrogen and oxygen atoms in total. The van der Waals surface area contributed by atoms with E-state index in [-0.39, 0.29) is 28.5 Å². The minimum Gasteiger partial charge on any atom is -0.491 e. The quantitative estimate of drug-likeness (QED) is 0.602. The zero-order valence-corrected chi connectivity index (χ0v) is 16.9. The number of methoxy groups -OCH3 is 1. The first-order valence-electron chi connectivity index (χ1n) is 8.79. The van der Waals surface area contributed by atoms with Gasteiger partial charge in [-0.2, -0.15) is 5.10 Å². The Morgan fingerprint density at radius 3 is 2.79 bits per heavy atom. The minimum atomic E-state index is -1.07. The van der Waals surface area contributed by atoms with Crippen LogP contribution in [0.2, 0.25) is 5.15 Å². The molecule has 4 rings (SSSR count). The summed E-state index contributed by atoms with van der Waals surface area (Å²) >= 11 is 7.77. The third kappa shape index (κ3) is 3.70. The predicted octanol–water partition coefficient (Wildman–Crippen LogP) is 2.39. The van der Waals surface area contributed by atoms with Gasteiger partial charge in [0.15, 0.2) is 22.4 Å². The number of carbonyl (C=O) groups excluding carboxylic acids is 1. The largest absolute Gasteiger partial charge is 0.491 e. The molecule has 1 aliphatic rings. The lowest BCUT2D eigenvalue weighted by Gasteiger charge is -2.31. The predicted molar refractivity (Wildman–Crippen MR) is 106 cm³/mol. The number of ether oxygens (including phenoxy) is 1. The smallest absolute Gasteiger partial charge is 0.404 e. The van der Waals surface area contributed by atoms with Crippen molar-refractivity contribution < 1.29 is 19.4 Å². The van der Waals surface area contributed by atoms with Gasteiger partial charge in [-0.3, -0.25) is 4.79 Å². The van der Waals surface area contributed by atoms with E-state index < -0.39 is 6.09 Å². The summed E-state index contributed by atoms with van der Waals surface area (Å²) in [4.78, 5) is 35.1. The van der Waals surface area contributed by atoms with Crippen LogP contribution in [0, 0.1) is 0 Å². The summed E-state index contributed by atoms with van der Waals surface area (Å²) in [5, 5.41) is 17.5. The molecule has 2 N–H and O–H groups in total. The Labute approximate surface area is 174 Å². The van der Waals surface area contributed by atoms with Crippen LogP contribution >= 0.6 is 22.9 Å². The average Bonchev–Trinajstić information content (AvgIpc) is 3.30. The van der Waals surface area contributed by atoms with Gasteiger partial charge < -0.3 is 20.1 Å². The normalized spacial score (nSPS) is 14.9. The Bertz CT molecular complexity index is 1080. The third-order valence-corrected chi connectivity index (χ3v) is 5.86. The van der Waals surface area contributed by atoms with Gasteiger partial charge in [0.2, 0.25) is 0 Å². The maximum Gasteiger partial charge on any atom is 0.404 e. The number of piperidine rings is 1. The number of nitrogens with one attached hydrogen (secondary N) is 1. The van der Waals surface area contributed by atoms with Gasteiger partial charge in [-0.05, 0) is 12.8 Å². The number of halogens is 1. The van der Waals surface area contributed by atoms with Crippen LogP contribution in [0.4, 0.5) is 4.79 Å².